The van der Waals surface area contributed by atoms with Crippen LogP contribution >= 0.6 is 0 Å². The monoisotopic (exact) mass is 449 g/mol. The Kier molecular flexibility index (Phi) is 6.20. The molecule has 1 saturated heterocycles. The lowest BCUT2D eigenvalue weighted by atomic mass is 9.83. The molecule has 2 aromatic rings. The number of hydrogen-bond acceptors (Lipinski definition) is 4. The number of ether oxygens (including phenoxy) is 1. The Hall–Kier alpha value is -3.09. The minimum Gasteiger partial charge on any atom is -0.484 e. The first-order valence-corrected chi connectivity index (χ1v) is 12.1. The number of likely N-dealkylation sites (tertiary alicyclic amines) is 1. The predicted octanol–water partition coefficient (Wildman–Crippen LogP) is 3.39. The van der Waals surface area contributed by atoms with Crippen molar-refractivity contribution in [3.8, 4) is 5.75 Å². The molecule has 3 aliphatic rings. The molecule has 1 aromatic heterocycles. The molecule has 0 spiro atoms. The highest BCUT2D eigenvalue weighted by atomic mass is 16.5. The number of pyridine rings is 1. The lowest BCUT2D eigenvalue weighted by molar-refractivity contribution is -0.136. The third-order valence-electron chi connectivity index (χ3n) is 7.30. The number of rotatable bonds is 5. The number of aromatic nitrogens is 1. The zero-order valence-electron chi connectivity index (χ0n) is 18.9. The van der Waals surface area contributed by atoms with Gasteiger partial charge in [0.2, 0.25) is 5.91 Å². The van der Waals surface area contributed by atoms with E-state index in [-0.39, 0.29) is 41.7 Å². The molecule has 7 heteroatoms. The Labute approximate surface area is 193 Å². The SMILES string of the molecule is O=C(Nc1ccc2n(c1=O)C[C@H]1C[C@@H]2CN(C(=O)COc2ccccc2)C1)C1CCCCC1. The topological polar surface area (TPSA) is 80.6 Å². The highest BCUT2D eigenvalue weighted by molar-refractivity contribution is 5.92. The maximum absolute atomic E-state index is 13.2. The quantitative estimate of drug-likeness (QED) is 0.759. The van der Waals surface area contributed by atoms with Gasteiger partial charge < -0.3 is 19.5 Å². The lowest BCUT2D eigenvalue weighted by Crippen LogP contribution is -2.50. The standard InChI is InChI=1S/C26H31N3O4/c30-24(17-33-21-9-5-2-6-10-21)28-14-18-13-20(16-28)23-12-11-22(26(32)29(23)15-18)27-25(31)19-7-3-1-4-8-19/h2,5-6,9-12,18-20H,1,3-4,7-8,13-17H2,(H,27,31)/t18-,20+/m0/s1. The van der Waals surface area contributed by atoms with E-state index in [0.717, 1.165) is 37.8 Å². The fraction of sp³-hybridized carbons (Fsp3) is 0.500. The molecular weight excluding hydrogens is 418 g/mol. The van der Waals surface area contributed by atoms with Crippen LogP contribution in [0, 0.1) is 11.8 Å². The zero-order chi connectivity index (χ0) is 22.8. The van der Waals surface area contributed by atoms with E-state index < -0.39 is 0 Å². The van der Waals surface area contributed by atoms with Crippen LogP contribution in [-0.2, 0) is 16.1 Å². The first-order chi connectivity index (χ1) is 16.1. The van der Waals surface area contributed by atoms with E-state index in [9.17, 15) is 14.4 Å². The fourth-order valence-electron chi connectivity index (χ4n) is 5.60. The third kappa shape index (κ3) is 4.68. The van der Waals surface area contributed by atoms with Gasteiger partial charge >= 0.3 is 0 Å². The summed E-state index contributed by atoms with van der Waals surface area (Å²) in [4.78, 5) is 40.5. The zero-order valence-corrected chi connectivity index (χ0v) is 18.9. The van der Waals surface area contributed by atoms with E-state index in [1.54, 1.807) is 6.07 Å². The molecule has 7 nitrogen and oxygen atoms in total. The van der Waals surface area contributed by atoms with Gasteiger partial charge in [0.25, 0.3) is 11.5 Å². The molecule has 1 N–H and O–H groups in total. The number of fused-ring (bicyclic) bond motifs is 4. The Morgan fingerprint density at radius 2 is 1.76 bits per heavy atom. The predicted molar refractivity (Wildman–Crippen MR) is 125 cm³/mol. The van der Waals surface area contributed by atoms with Gasteiger partial charge in [0.1, 0.15) is 11.4 Å². The van der Waals surface area contributed by atoms with Crippen LogP contribution in [0.5, 0.6) is 5.75 Å². The van der Waals surface area contributed by atoms with Crippen molar-refractivity contribution in [3.05, 3.63) is 58.5 Å². The highest BCUT2D eigenvalue weighted by Gasteiger charge is 2.37. The van der Waals surface area contributed by atoms with Gasteiger partial charge in [-0.15, -0.1) is 0 Å². The molecule has 2 atom stereocenters. The van der Waals surface area contributed by atoms with Crippen molar-refractivity contribution in [2.45, 2.75) is 51.0 Å². The minimum atomic E-state index is -0.126. The van der Waals surface area contributed by atoms with Crippen molar-refractivity contribution < 1.29 is 14.3 Å². The summed E-state index contributed by atoms with van der Waals surface area (Å²) in [7, 11) is 0. The third-order valence-corrected chi connectivity index (χ3v) is 7.30. The Balaban J connectivity index is 1.26. The molecule has 3 heterocycles. The van der Waals surface area contributed by atoms with Crippen molar-refractivity contribution in [1.29, 1.82) is 0 Å². The second kappa shape index (κ2) is 9.41. The molecule has 1 aromatic carbocycles. The molecule has 2 fully saturated rings. The highest BCUT2D eigenvalue weighted by Crippen LogP contribution is 2.35. The Bertz CT molecular complexity index is 1070. The smallest absolute Gasteiger partial charge is 0.274 e. The number of benzene rings is 1. The summed E-state index contributed by atoms with van der Waals surface area (Å²) in [5.41, 5.74) is 1.20. The van der Waals surface area contributed by atoms with Crippen LogP contribution in [0.2, 0.25) is 0 Å². The van der Waals surface area contributed by atoms with Gasteiger partial charge in [-0.25, -0.2) is 0 Å². The lowest BCUT2D eigenvalue weighted by Gasteiger charge is -2.42. The number of nitrogens with one attached hydrogen (secondary N) is 1. The number of hydrogen-bond donors (Lipinski definition) is 1. The van der Waals surface area contributed by atoms with Crippen molar-refractivity contribution in [1.82, 2.24) is 9.47 Å². The summed E-state index contributed by atoms with van der Waals surface area (Å²) in [5.74, 6) is 0.978. The molecule has 174 valence electrons. The van der Waals surface area contributed by atoms with E-state index in [2.05, 4.69) is 5.32 Å². The van der Waals surface area contributed by atoms with Crippen LogP contribution < -0.4 is 15.6 Å². The van der Waals surface area contributed by atoms with E-state index in [1.165, 1.54) is 6.42 Å². The van der Waals surface area contributed by atoms with Gasteiger partial charge in [-0.3, -0.25) is 14.4 Å². The summed E-state index contributed by atoms with van der Waals surface area (Å²) < 4.78 is 7.46. The van der Waals surface area contributed by atoms with E-state index >= 15 is 0 Å². The molecule has 0 radical (unpaired) electrons. The van der Waals surface area contributed by atoms with E-state index in [0.29, 0.717) is 31.1 Å². The van der Waals surface area contributed by atoms with E-state index in [4.69, 9.17) is 4.74 Å². The minimum absolute atomic E-state index is 0.0104. The van der Waals surface area contributed by atoms with E-state index in [1.807, 2.05) is 45.9 Å². The molecular formula is C26H31N3O4. The molecule has 2 bridgehead atoms. The van der Waals surface area contributed by atoms with Crippen molar-refractivity contribution >= 4 is 17.5 Å². The second-order valence-electron chi connectivity index (χ2n) is 9.61. The number of amides is 2. The van der Waals surface area contributed by atoms with Gasteiger partial charge in [-0.1, -0.05) is 37.5 Å². The second-order valence-corrected chi connectivity index (χ2v) is 9.61. The summed E-state index contributed by atoms with van der Waals surface area (Å²) in [6.45, 7) is 1.79. The fourth-order valence-corrected chi connectivity index (χ4v) is 5.60. The Morgan fingerprint density at radius 1 is 0.970 bits per heavy atom. The first kappa shape index (κ1) is 21.7. The van der Waals surface area contributed by atoms with Gasteiger partial charge in [0.15, 0.2) is 6.61 Å². The number of carbonyl (C=O) groups excluding carboxylic acids is 2. The summed E-state index contributed by atoms with van der Waals surface area (Å²) in [6, 6.07) is 13.0. The summed E-state index contributed by atoms with van der Waals surface area (Å²) in [5, 5.41) is 2.90. The number of piperidine rings is 1. The van der Waals surface area contributed by atoms with Gasteiger partial charge in [0, 0.05) is 37.2 Å². The van der Waals surface area contributed by atoms with Crippen molar-refractivity contribution in [2.24, 2.45) is 11.8 Å². The number of anilines is 1. The molecule has 2 aliphatic heterocycles. The Morgan fingerprint density at radius 3 is 2.55 bits per heavy atom. The molecule has 0 unspecified atom stereocenters. The van der Waals surface area contributed by atoms with Gasteiger partial charge in [-0.2, -0.15) is 0 Å². The largest absolute Gasteiger partial charge is 0.484 e. The summed E-state index contributed by atoms with van der Waals surface area (Å²) >= 11 is 0. The molecule has 1 saturated carbocycles. The maximum atomic E-state index is 13.2. The van der Waals surface area contributed by atoms with Crippen molar-refractivity contribution in [3.63, 3.8) is 0 Å². The van der Waals surface area contributed by atoms with Crippen LogP contribution in [0.25, 0.3) is 0 Å². The molecule has 2 amide bonds. The molecule has 33 heavy (non-hydrogen) atoms. The van der Waals surface area contributed by atoms with Crippen LogP contribution in [0.1, 0.15) is 50.1 Å². The normalized spacial score (nSPS) is 22.4. The molecule has 1 aliphatic carbocycles. The van der Waals surface area contributed by atoms with Crippen LogP contribution in [-0.4, -0.2) is 41.0 Å². The number of para-hydroxylation sites is 1. The molecule has 5 rings (SSSR count). The van der Waals surface area contributed by atoms with Crippen LogP contribution in [0.15, 0.2) is 47.3 Å². The maximum Gasteiger partial charge on any atom is 0.274 e. The first-order valence-electron chi connectivity index (χ1n) is 12.1. The number of nitrogens with zero attached hydrogens (tertiary/aromatic N) is 2. The van der Waals surface area contributed by atoms with Crippen LogP contribution in [0.3, 0.4) is 0 Å². The van der Waals surface area contributed by atoms with Crippen molar-refractivity contribution in [2.75, 3.05) is 25.0 Å². The number of carbonyl (C=O) groups is 2. The van der Waals surface area contributed by atoms with Gasteiger partial charge in [-0.05, 0) is 49.4 Å². The average Bonchev–Trinajstić information content (AvgIpc) is 2.85. The van der Waals surface area contributed by atoms with Gasteiger partial charge in [0.05, 0.1) is 0 Å². The summed E-state index contributed by atoms with van der Waals surface area (Å²) in [6.07, 6.45) is 6.12. The van der Waals surface area contributed by atoms with Crippen LogP contribution in [0.4, 0.5) is 5.69 Å². The average molecular weight is 450 g/mol.